The van der Waals surface area contributed by atoms with Gasteiger partial charge in [-0.25, -0.2) is 8.42 Å². The van der Waals surface area contributed by atoms with Crippen molar-refractivity contribution in [2.45, 2.75) is 62.6 Å². The SMILES string of the molecule is O=C(Cn1nc(C(F)(F)F)c2c1CCCCC2)Nc1ccc(S(=O)(=O)N2CCCC2)cc1. The molecule has 0 bridgehead atoms. The van der Waals surface area contributed by atoms with E-state index in [-0.39, 0.29) is 17.0 Å². The van der Waals surface area contributed by atoms with Gasteiger partial charge < -0.3 is 5.32 Å². The number of benzene rings is 1. The summed E-state index contributed by atoms with van der Waals surface area (Å²) < 4.78 is 68.0. The highest BCUT2D eigenvalue weighted by Crippen LogP contribution is 2.35. The van der Waals surface area contributed by atoms with Crippen LogP contribution in [-0.2, 0) is 40.4 Å². The number of carbonyl (C=O) groups is 1. The molecule has 0 spiro atoms. The number of nitrogens with one attached hydrogen (secondary N) is 1. The van der Waals surface area contributed by atoms with Crippen molar-refractivity contribution in [3.8, 4) is 0 Å². The number of aromatic nitrogens is 2. The average Bonchev–Trinajstić information content (AvgIpc) is 3.32. The maximum atomic E-state index is 13.4. The Labute approximate surface area is 184 Å². The lowest BCUT2D eigenvalue weighted by molar-refractivity contribution is -0.142. The number of nitrogens with zero attached hydrogens (tertiary/aromatic N) is 3. The molecule has 7 nitrogen and oxygen atoms in total. The molecule has 1 saturated heterocycles. The van der Waals surface area contributed by atoms with Gasteiger partial charge in [0.25, 0.3) is 0 Å². The van der Waals surface area contributed by atoms with Gasteiger partial charge in [-0.1, -0.05) is 6.42 Å². The Kier molecular flexibility index (Phi) is 6.30. The molecule has 1 aliphatic carbocycles. The van der Waals surface area contributed by atoms with E-state index in [0.29, 0.717) is 43.7 Å². The average molecular weight is 471 g/mol. The van der Waals surface area contributed by atoms with Gasteiger partial charge in [0, 0.05) is 30.0 Å². The van der Waals surface area contributed by atoms with Gasteiger partial charge in [0.15, 0.2) is 5.69 Å². The number of halogens is 3. The number of hydrogen-bond acceptors (Lipinski definition) is 4. The van der Waals surface area contributed by atoms with Crippen LogP contribution in [-0.4, -0.2) is 41.5 Å². The van der Waals surface area contributed by atoms with E-state index in [2.05, 4.69) is 10.4 Å². The van der Waals surface area contributed by atoms with Crippen LogP contribution < -0.4 is 5.32 Å². The quantitative estimate of drug-likeness (QED) is 0.677. The molecule has 2 aliphatic rings. The Morgan fingerprint density at radius 3 is 2.31 bits per heavy atom. The molecule has 1 N–H and O–H groups in total. The standard InChI is InChI=1S/C21H25F3N4O3S/c22-21(23,24)20-17-6-2-1-3-7-18(17)28(26-20)14-19(29)25-15-8-10-16(11-9-15)32(30,31)27-12-4-5-13-27/h8-11H,1-7,12-14H2,(H,25,29). The summed E-state index contributed by atoms with van der Waals surface area (Å²) in [5.74, 6) is -0.525. The lowest BCUT2D eigenvalue weighted by atomic mass is 10.1. The van der Waals surface area contributed by atoms with Crippen molar-refractivity contribution in [1.29, 1.82) is 0 Å². The summed E-state index contributed by atoms with van der Waals surface area (Å²) in [6, 6.07) is 5.80. The van der Waals surface area contributed by atoms with E-state index in [9.17, 15) is 26.4 Å². The van der Waals surface area contributed by atoms with Crippen molar-refractivity contribution >= 4 is 21.6 Å². The Hall–Kier alpha value is -2.40. The van der Waals surface area contributed by atoms with Crippen molar-refractivity contribution in [1.82, 2.24) is 14.1 Å². The molecule has 1 aliphatic heterocycles. The zero-order valence-corrected chi connectivity index (χ0v) is 18.3. The van der Waals surface area contributed by atoms with Gasteiger partial charge in [-0.2, -0.15) is 22.6 Å². The largest absolute Gasteiger partial charge is 0.435 e. The fraction of sp³-hybridized carbons (Fsp3) is 0.524. The summed E-state index contributed by atoms with van der Waals surface area (Å²) in [6.45, 7) is 0.649. The molecule has 4 rings (SSSR count). The topological polar surface area (TPSA) is 84.3 Å². The van der Waals surface area contributed by atoms with E-state index >= 15 is 0 Å². The molecular formula is C21H25F3N4O3S. The van der Waals surface area contributed by atoms with E-state index < -0.39 is 27.8 Å². The number of carbonyl (C=O) groups excluding carboxylic acids is 1. The highest BCUT2D eigenvalue weighted by molar-refractivity contribution is 7.89. The van der Waals surface area contributed by atoms with Gasteiger partial charge in [-0.05, 0) is 62.8 Å². The summed E-state index contributed by atoms with van der Waals surface area (Å²) in [5, 5.41) is 6.34. The number of sulfonamides is 1. The molecule has 11 heteroatoms. The molecule has 2 heterocycles. The van der Waals surface area contributed by atoms with Gasteiger partial charge in [-0.3, -0.25) is 9.48 Å². The second kappa shape index (κ2) is 8.86. The predicted octanol–water partition coefficient (Wildman–Crippen LogP) is 3.59. The number of rotatable bonds is 5. The van der Waals surface area contributed by atoms with Crippen LogP contribution in [0.3, 0.4) is 0 Å². The third kappa shape index (κ3) is 4.68. The first-order valence-electron chi connectivity index (χ1n) is 10.7. The third-order valence-corrected chi connectivity index (χ3v) is 7.82. The maximum absolute atomic E-state index is 13.4. The Balaban J connectivity index is 1.48. The normalized spacial score (nSPS) is 17.7. The van der Waals surface area contributed by atoms with Crippen LogP contribution in [0.1, 0.15) is 49.1 Å². The fourth-order valence-electron chi connectivity index (χ4n) is 4.33. The minimum atomic E-state index is -4.56. The van der Waals surface area contributed by atoms with Crippen molar-refractivity contribution < 1.29 is 26.4 Å². The van der Waals surface area contributed by atoms with E-state index in [0.717, 1.165) is 30.4 Å². The first kappa shape index (κ1) is 22.8. The number of alkyl halides is 3. The highest BCUT2D eigenvalue weighted by atomic mass is 32.2. The van der Waals surface area contributed by atoms with Crippen LogP contribution in [0.25, 0.3) is 0 Å². The second-order valence-electron chi connectivity index (χ2n) is 8.17. The summed E-state index contributed by atoms with van der Waals surface area (Å²) in [7, 11) is -3.56. The molecule has 1 aromatic heterocycles. The Morgan fingerprint density at radius 1 is 1.00 bits per heavy atom. The number of fused-ring (bicyclic) bond motifs is 1. The molecule has 0 atom stereocenters. The predicted molar refractivity (Wildman–Crippen MR) is 112 cm³/mol. The number of amides is 1. The summed E-state index contributed by atoms with van der Waals surface area (Å²) in [6.07, 6.45) is 0.123. The van der Waals surface area contributed by atoms with E-state index in [1.54, 1.807) is 0 Å². The highest BCUT2D eigenvalue weighted by Gasteiger charge is 2.39. The smallest absolute Gasteiger partial charge is 0.324 e. The van der Waals surface area contributed by atoms with Gasteiger partial charge in [0.2, 0.25) is 15.9 Å². The third-order valence-electron chi connectivity index (χ3n) is 5.91. The molecular weight excluding hydrogens is 445 g/mol. The van der Waals surface area contributed by atoms with Gasteiger partial charge in [0.05, 0.1) is 4.90 Å². The molecule has 0 radical (unpaired) electrons. The maximum Gasteiger partial charge on any atom is 0.435 e. The fourth-order valence-corrected chi connectivity index (χ4v) is 5.85. The molecule has 0 unspecified atom stereocenters. The first-order chi connectivity index (χ1) is 15.2. The summed E-state index contributed by atoms with van der Waals surface area (Å²) in [4.78, 5) is 12.7. The zero-order valence-electron chi connectivity index (χ0n) is 17.5. The molecule has 0 saturated carbocycles. The van der Waals surface area contributed by atoms with Crippen LogP contribution in [0.4, 0.5) is 18.9 Å². The summed E-state index contributed by atoms with van der Waals surface area (Å²) >= 11 is 0. The zero-order chi connectivity index (χ0) is 22.9. The molecule has 32 heavy (non-hydrogen) atoms. The van der Waals surface area contributed by atoms with Crippen molar-refractivity contribution in [3.63, 3.8) is 0 Å². The van der Waals surface area contributed by atoms with Gasteiger partial charge >= 0.3 is 6.18 Å². The van der Waals surface area contributed by atoms with E-state index in [1.807, 2.05) is 0 Å². The number of anilines is 1. The minimum absolute atomic E-state index is 0.143. The van der Waals surface area contributed by atoms with E-state index in [1.165, 1.54) is 28.6 Å². The van der Waals surface area contributed by atoms with Crippen molar-refractivity contribution in [2.24, 2.45) is 0 Å². The lowest BCUT2D eigenvalue weighted by Gasteiger charge is -2.15. The second-order valence-corrected chi connectivity index (χ2v) is 10.1. The molecule has 174 valence electrons. The molecule has 2 aromatic rings. The Bertz CT molecular complexity index is 1090. The van der Waals surface area contributed by atoms with Crippen LogP contribution in [0.2, 0.25) is 0 Å². The monoisotopic (exact) mass is 470 g/mol. The van der Waals surface area contributed by atoms with Crippen LogP contribution in [0.5, 0.6) is 0 Å². The summed E-state index contributed by atoms with van der Waals surface area (Å²) in [5.41, 5.74) is 0.125. The lowest BCUT2D eigenvalue weighted by Crippen LogP contribution is -2.27. The van der Waals surface area contributed by atoms with Crippen molar-refractivity contribution in [3.05, 3.63) is 41.2 Å². The van der Waals surface area contributed by atoms with Crippen LogP contribution in [0.15, 0.2) is 29.2 Å². The molecule has 1 aromatic carbocycles. The van der Waals surface area contributed by atoms with Crippen LogP contribution >= 0.6 is 0 Å². The van der Waals surface area contributed by atoms with Gasteiger partial charge in [0.1, 0.15) is 6.54 Å². The van der Waals surface area contributed by atoms with Crippen molar-refractivity contribution in [2.75, 3.05) is 18.4 Å². The molecule has 1 amide bonds. The molecule has 1 fully saturated rings. The Morgan fingerprint density at radius 2 is 1.66 bits per heavy atom. The first-order valence-corrected chi connectivity index (χ1v) is 12.2. The number of hydrogen-bond donors (Lipinski definition) is 1. The minimum Gasteiger partial charge on any atom is -0.324 e. The van der Waals surface area contributed by atoms with Crippen LogP contribution in [0, 0.1) is 0 Å². The van der Waals surface area contributed by atoms with Gasteiger partial charge in [-0.15, -0.1) is 0 Å². The van der Waals surface area contributed by atoms with E-state index in [4.69, 9.17) is 0 Å².